The molecule has 5 heteroatoms. The Labute approximate surface area is 168 Å². The van der Waals surface area contributed by atoms with Crippen molar-refractivity contribution in [3.05, 3.63) is 83.9 Å². The maximum atomic E-state index is 13.0. The van der Waals surface area contributed by atoms with E-state index in [0.717, 1.165) is 11.3 Å². The van der Waals surface area contributed by atoms with Gasteiger partial charge in [0.2, 0.25) is 6.79 Å². The van der Waals surface area contributed by atoms with Crippen LogP contribution in [0.2, 0.25) is 0 Å². The normalized spacial score (nSPS) is 13.2. The van der Waals surface area contributed by atoms with E-state index in [0.29, 0.717) is 23.5 Å². The number of hydrogen-bond donors (Lipinski definition) is 1. The summed E-state index contributed by atoms with van der Waals surface area (Å²) in [6, 6.07) is 23.5. The Bertz CT molecular complexity index is 957. The first-order valence-corrected chi connectivity index (χ1v) is 10.3. The van der Waals surface area contributed by atoms with Gasteiger partial charge >= 0.3 is 0 Å². The lowest BCUT2D eigenvalue weighted by molar-refractivity contribution is 0.0976. The van der Waals surface area contributed by atoms with Gasteiger partial charge in [-0.2, -0.15) is 0 Å². The number of para-hydroxylation sites is 1. The van der Waals surface area contributed by atoms with Crippen LogP contribution in [0.4, 0.5) is 5.69 Å². The van der Waals surface area contributed by atoms with Crippen LogP contribution in [-0.2, 0) is 0 Å². The average molecular weight is 391 g/mol. The Morgan fingerprint density at radius 1 is 1.00 bits per heavy atom. The highest BCUT2D eigenvalue weighted by atomic mass is 32.2. The van der Waals surface area contributed by atoms with Gasteiger partial charge in [-0.25, -0.2) is 0 Å². The number of carbonyl (C=O) groups excluding carboxylic acids is 1. The van der Waals surface area contributed by atoms with Gasteiger partial charge in [-0.1, -0.05) is 30.3 Å². The van der Waals surface area contributed by atoms with E-state index in [1.165, 1.54) is 4.90 Å². The summed E-state index contributed by atoms with van der Waals surface area (Å²) in [6.07, 6.45) is 2.39. The van der Waals surface area contributed by atoms with Gasteiger partial charge in [0.25, 0.3) is 0 Å². The van der Waals surface area contributed by atoms with Gasteiger partial charge in [0, 0.05) is 22.6 Å². The summed E-state index contributed by atoms with van der Waals surface area (Å²) in [5, 5.41) is 3.50. The van der Waals surface area contributed by atoms with Crippen molar-refractivity contribution in [1.82, 2.24) is 0 Å². The molecule has 4 nitrogen and oxygen atoms in total. The topological polar surface area (TPSA) is 47.6 Å². The molecule has 4 rings (SSSR count). The first kappa shape index (κ1) is 18.4. The Morgan fingerprint density at radius 3 is 2.50 bits per heavy atom. The molecule has 0 spiro atoms. The van der Waals surface area contributed by atoms with Crippen molar-refractivity contribution >= 4 is 23.2 Å². The molecule has 0 saturated heterocycles. The Kier molecular flexibility index (Phi) is 5.53. The molecule has 0 amide bonds. The third-order valence-electron chi connectivity index (χ3n) is 4.72. The summed E-state index contributed by atoms with van der Waals surface area (Å²) in [6.45, 7) is 0.201. The van der Waals surface area contributed by atoms with Crippen molar-refractivity contribution in [1.29, 1.82) is 0 Å². The third-order valence-corrected chi connectivity index (χ3v) is 5.46. The van der Waals surface area contributed by atoms with Crippen LogP contribution in [0.15, 0.2) is 77.7 Å². The fourth-order valence-corrected chi connectivity index (χ4v) is 3.61. The molecule has 3 aromatic carbocycles. The molecule has 0 radical (unpaired) electrons. The molecule has 0 aromatic heterocycles. The Morgan fingerprint density at radius 2 is 1.75 bits per heavy atom. The lowest BCUT2D eigenvalue weighted by Crippen LogP contribution is -2.16. The van der Waals surface area contributed by atoms with Crippen LogP contribution in [0.25, 0.3) is 0 Å². The molecule has 0 fully saturated rings. The highest BCUT2D eigenvalue weighted by molar-refractivity contribution is 7.98. The first-order chi connectivity index (χ1) is 13.7. The zero-order valence-electron chi connectivity index (χ0n) is 15.6. The molecule has 0 bridgehead atoms. The van der Waals surface area contributed by atoms with Gasteiger partial charge in [0.05, 0.1) is 6.04 Å². The molecule has 1 N–H and O–H groups in total. The highest BCUT2D eigenvalue weighted by Crippen LogP contribution is 2.34. The molecule has 1 atom stereocenters. The minimum absolute atomic E-state index is 0.0562. The van der Waals surface area contributed by atoms with Crippen LogP contribution in [0.1, 0.15) is 28.4 Å². The van der Waals surface area contributed by atoms with Crippen molar-refractivity contribution in [2.45, 2.75) is 17.4 Å². The Balaban J connectivity index is 1.58. The summed E-state index contributed by atoms with van der Waals surface area (Å²) in [4.78, 5) is 14.2. The average Bonchev–Trinajstić information content (AvgIpc) is 3.22. The number of carbonyl (C=O) groups is 1. The highest BCUT2D eigenvalue weighted by Gasteiger charge is 2.20. The summed E-state index contributed by atoms with van der Waals surface area (Å²) in [5.41, 5.74) is 2.69. The molecule has 0 saturated carbocycles. The van der Waals surface area contributed by atoms with Gasteiger partial charge in [-0.05, 0) is 54.3 Å². The van der Waals surface area contributed by atoms with Crippen LogP contribution < -0.4 is 14.8 Å². The second-order valence-corrected chi connectivity index (χ2v) is 7.41. The van der Waals surface area contributed by atoms with E-state index < -0.39 is 0 Å². The third kappa shape index (κ3) is 4.15. The minimum atomic E-state index is -0.128. The number of thioether (sulfide) groups is 1. The fourth-order valence-electron chi connectivity index (χ4n) is 3.20. The zero-order valence-corrected chi connectivity index (χ0v) is 16.4. The second kappa shape index (κ2) is 8.40. The van der Waals surface area contributed by atoms with Gasteiger partial charge in [-0.15, -0.1) is 11.8 Å². The molecule has 1 aliphatic rings. The molecule has 0 aliphatic carbocycles. The summed E-state index contributed by atoms with van der Waals surface area (Å²) < 4.78 is 10.7. The molecule has 3 aromatic rings. The fraction of sp³-hybridized carbons (Fsp3) is 0.174. The smallest absolute Gasteiger partial charge is 0.231 e. The summed E-state index contributed by atoms with van der Waals surface area (Å²) in [5.74, 6) is 1.37. The Hall–Kier alpha value is -2.92. The number of ketones is 1. The van der Waals surface area contributed by atoms with Crippen molar-refractivity contribution in [3.8, 4) is 11.5 Å². The molecule has 1 unspecified atom stereocenters. The number of fused-ring (bicyclic) bond motifs is 1. The second-order valence-electron chi connectivity index (χ2n) is 6.53. The number of hydrogen-bond acceptors (Lipinski definition) is 5. The van der Waals surface area contributed by atoms with Crippen LogP contribution in [-0.4, -0.2) is 18.8 Å². The molecule has 1 heterocycles. The van der Waals surface area contributed by atoms with Crippen molar-refractivity contribution < 1.29 is 14.3 Å². The van der Waals surface area contributed by atoms with Gasteiger partial charge in [0.1, 0.15) is 0 Å². The van der Waals surface area contributed by atoms with E-state index in [-0.39, 0.29) is 18.6 Å². The van der Waals surface area contributed by atoms with E-state index in [9.17, 15) is 4.79 Å². The molecule has 142 valence electrons. The number of Topliss-reactive ketones (excluding diaryl/α,β-unsaturated/α-hetero) is 1. The van der Waals surface area contributed by atoms with E-state index >= 15 is 0 Å². The van der Waals surface area contributed by atoms with Crippen molar-refractivity contribution in [2.24, 2.45) is 0 Å². The van der Waals surface area contributed by atoms with Crippen molar-refractivity contribution in [2.75, 3.05) is 18.4 Å². The van der Waals surface area contributed by atoms with Gasteiger partial charge < -0.3 is 14.8 Å². The van der Waals surface area contributed by atoms with Crippen LogP contribution in [0.3, 0.4) is 0 Å². The minimum Gasteiger partial charge on any atom is -0.454 e. The number of ether oxygens (including phenoxy) is 2. The molecular weight excluding hydrogens is 370 g/mol. The van der Waals surface area contributed by atoms with Gasteiger partial charge in [0.15, 0.2) is 17.3 Å². The van der Waals surface area contributed by atoms with E-state index in [4.69, 9.17) is 9.47 Å². The van der Waals surface area contributed by atoms with Crippen LogP contribution >= 0.6 is 11.8 Å². The van der Waals surface area contributed by atoms with E-state index in [1.54, 1.807) is 30.0 Å². The molecule has 1 aliphatic heterocycles. The molecule has 28 heavy (non-hydrogen) atoms. The number of anilines is 1. The van der Waals surface area contributed by atoms with Crippen LogP contribution in [0.5, 0.6) is 11.5 Å². The molecular formula is C23H21NO3S. The summed E-state index contributed by atoms with van der Waals surface area (Å²) in [7, 11) is 0. The number of benzene rings is 3. The number of rotatable bonds is 7. The maximum Gasteiger partial charge on any atom is 0.231 e. The summed E-state index contributed by atoms with van der Waals surface area (Å²) >= 11 is 1.70. The van der Waals surface area contributed by atoms with Gasteiger partial charge in [-0.3, -0.25) is 4.79 Å². The van der Waals surface area contributed by atoms with Crippen molar-refractivity contribution in [3.63, 3.8) is 0 Å². The standard InChI is InChI=1S/C23H21NO3S/c1-28-19-10-7-16(8-11-19)20(24-18-5-3-2-4-6-18)14-21(25)17-9-12-22-23(13-17)27-15-26-22/h2-13,20,24H,14-15H2,1H3. The largest absolute Gasteiger partial charge is 0.454 e. The first-order valence-electron chi connectivity index (χ1n) is 9.11. The lowest BCUT2D eigenvalue weighted by atomic mass is 9.97. The monoisotopic (exact) mass is 391 g/mol. The predicted octanol–water partition coefficient (Wildman–Crippen LogP) is 5.56. The van der Waals surface area contributed by atoms with E-state index in [1.807, 2.05) is 30.3 Å². The SMILES string of the molecule is CSc1ccc(C(CC(=O)c2ccc3c(c2)OCO3)Nc2ccccc2)cc1. The van der Waals surface area contributed by atoms with E-state index in [2.05, 4.69) is 35.8 Å². The predicted molar refractivity (Wildman–Crippen MR) is 113 cm³/mol. The quantitative estimate of drug-likeness (QED) is 0.422. The lowest BCUT2D eigenvalue weighted by Gasteiger charge is -2.20. The van der Waals surface area contributed by atoms with Crippen LogP contribution in [0, 0.1) is 0 Å². The number of nitrogens with one attached hydrogen (secondary N) is 1. The maximum absolute atomic E-state index is 13.0. The zero-order chi connectivity index (χ0) is 19.3.